The Balaban J connectivity index is 1.56. The van der Waals surface area contributed by atoms with E-state index in [1.807, 2.05) is 30.3 Å². The summed E-state index contributed by atoms with van der Waals surface area (Å²) >= 11 is 0. The molecule has 2 amide bonds. The van der Waals surface area contributed by atoms with Gasteiger partial charge in [-0.1, -0.05) is 18.2 Å². The van der Waals surface area contributed by atoms with Gasteiger partial charge >= 0.3 is 0 Å². The smallest absolute Gasteiger partial charge is 0.271 e. The number of benzene rings is 2. The maximum Gasteiger partial charge on any atom is 0.271 e. The molecule has 3 rings (SSSR count). The van der Waals surface area contributed by atoms with E-state index in [4.69, 9.17) is 4.74 Å². The maximum atomic E-state index is 12.1. The number of carbonyl (C=O) groups is 2. The maximum absolute atomic E-state index is 12.1. The molecule has 0 unspecified atom stereocenters. The Morgan fingerprint density at radius 3 is 2.00 bits per heavy atom. The van der Waals surface area contributed by atoms with E-state index >= 15 is 0 Å². The van der Waals surface area contributed by atoms with Crippen molar-refractivity contribution in [3.8, 4) is 11.5 Å². The second kappa shape index (κ2) is 7.74. The number of hydrazine groups is 1. The fourth-order valence-corrected chi connectivity index (χ4v) is 2.05. The van der Waals surface area contributed by atoms with E-state index < -0.39 is 11.8 Å². The van der Waals surface area contributed by atoms with Crippen molar-refractivity contribution in [2.45, 2.75) is 0 Å². The molecule has 0 aliphatic heterocycles. The summed E-state index contributed by atoms with van der Waals surface area (Å²) in [6.07, 6.45) is 2.98. The van der Waals surface area contributed by atoms with Gasteiger partial charge in [0.1, 0.15) is 11.5 Å². The van der Waals surface area contributed by atoms with E-state index in [1.54, 1.807) is 42.6 Å². The second-order valence-electron chi connectivity index (χ2n) is 5.09. The molecule has 0 aliphatic rings. The molecule has 1 heterocycles. The van der Waals surface area contributed by atoms with Crippen LogP contribution in [0.25, 0.3) is 0 Å². The highest BCUT2D eigenvalue weighted by Crippen LogP contribution is 2.20. The van der Waals surface area contributed by atoms with Gasteiger partial charge in [0, 0.05) is 18.0 Å². The summed E-state index contributed by atoms with van der Waals surface area (Å²) in [5, 5.41) is 0. The molecule has 6 nitrogen and oxygen atoms in total. The first kappa shape index (κ1) is 16.2. The molecule has 124 valence electrons. The van der Waals surface area contributed by atoms with Gasteiger partial charge in [-0.25, -0.2) is 0 Å². The van der Waals surface area contributed by atoms with Crippen molar-refractivity contribution in [3.63, 3.8) is 0 Å². The summed E-state index contributed by atoms with van der Waals surface area (Å²) in [5.41, 5.74) is 5.45. The molecule has 2 N–H and O–H groups in total. The van der Waals surface area contributed by atoms with E-state index in [2.05, 4.69) is 15.8 Å². The molecule has 0 fully saturated rings. The zero-order valence-electron chi connectivity index (χ0n) is 13.2. The van der Waals surface area contributed by atoms with Crippen LogP contribution in [-0.2, 0) is 0 Å². The monoisotopic (exact) mass is 333 g/mol. The zero-order chi connectivity index (χ0) is 17.5. The van der Waals surface area contributed by atoms with Crippen molar-refractivity contribution in [2.24, 2.45) is 0 Å². The topological polar surface area (TPSA) is 80.3 Å². The van der Waals surface area contributed by atoms with Crippen LogP contribution < -0.4 is 15.6 Å². The van der Waals surface area contributed by atoms with E-state index in [0.717, 1.165) is 0 Å². The molecule has 25 heavy (non-hydrogen) atoms. The summed E-state index contributed by atoms with van der Waals surface area (Å²) in [6, 6.07) is 19.2. The number of carbonyl (C=O) groups excluding carboxylic acids is 2. The molecule has 0 bridgehead atoms. The van der Waals surface area contributed by atoms with Crippen LogP contribution in [0.3, 0.4) is 0 Å². The van der Waals surface area contributed by atoms with Gasteiger partial charge in [0.2, 0.25) is 0 Å². The van der Waals surface area contributed by atoms with E-state index in [9.17, 15) is 9.59 Å². The van der Waals surface area contributed by atoms with Gasteiger partial charge in [-0.3, -0.25) is 25.4 Å². The number of nitrogens with zero attached hydrogens (tertiary/aromatic N) is 1. The molecule has 0 saturated heterocycles. The highest BCUT2D eigenvalue weighted by atomic mass is 16.5. The molecular formula is C19H15N3O3. The second-order valence-corrected chi connectivity index (χ2v) is 5.09. The summed E-state index contributed by atoms with van der Waals surface area (Å²) in [7, 11) is 0. The Bertz CT molecular complexity index is 850. The molecule has 0 saturated carbocycles. The van der Waals surface area contributed by atoms with Gasteiger partial charge in [0.15, 0.2) is 0 Å². The van der Waals surface area contributed by atoms with Crippen molar-refractivity contribution in [1.82, 2.24) is 15.8 Å². The average molecular weight is 333 g/mol. The zero-order valence-corrected chi connectivity index (χ0v) is 13.2. The molecular weight excluding hydrogens is 318 g/mol. The first-order chi connectivity index (χ1) is 12.2. The predicted octanol–water partition coefficient (Wildman–Crippen LogP) is 2.95. The van der Waals surface area contributed by atoms with Crippen LogP contribution in [0.15, 0.2) is 79.1 Å². The quantitative estimate of drug-likeness (QED) is 0.719. The number of pyridine rings is 1. The lowest BCUT2D eigenvalue weighted by molar-refractivity contribution is 0.0846. The van der Waals surface area contributed by atoms with Crippen LogP contribution in [-0.4, -0.2) is 16.8 Å². The van der Waals surface area contributed by atoms with E-state index in [-0.39, 0.29) is 0 Å². The summed E-state index contributed by atoms with van der Waals surface area (Å²) in [6.45, 7) is 0. The Morgan fingerprint density at radius 1 is 0.720 bits per heavy atom. The van der Waals surface area contributed by atoms with Crippen molar-refractivity contribution in [1.29, 1.82) is 0 Å². The highest BCUT2D eigenvalue weighted by Gasteiger charge is 2.09. The molecule has 0 spiro atoms. The lowest BCUT2D eigenvalue weighted by atomic mass is 10.2. The van der Waals surface area contributed by atoms with Gasteiger partial charge in [-0.15, -0.1) is 0 Å². The van der Waals surface area contributed by atoms with Gasteiger partial charge in [0.25, 0.3) is 11.8 Å². The molecule has 3 aromatic rings. The number of para-hydroxylation sites is 1. The Kier molecular flexibility index (Phi) is 5.01. The van der Waals surface area contributed by atoms with Crippen molar-refractivity contribution >= 4 is 11.8 Å². The van der Waals surface area contributed by atoms with Crippen LogP contribution >= 0.6 is 0 Å². The third kappa shape index (κ3) is 4.42. The Labute approximate surface area is 144 Å². The van der Waals surface area contributed by atoms with Crippen LogP contribution in [0.5, 0.6) is 11.5 Å². The molecule has 6 heteroatoms. The highest BCUT2D eigenvalue weighted by molar-refractivity contribution is 5.98. The minimum atomic E-state index is -0.439. The van der Waals surface area contributed by atoms with Gasteiger partial charge in [0.05, 0.1) is 5.56 Å². The van der Waals surface area contributed by atoms with Crippen LogP contribution in [0.2, 0.25) is 0 Å². The fourth-order valence-electron chi connectivity index (χ4n) is 2.05. The van der Waals surface area contributed by atoms with Gasteiger partial charge in [-0.2, -0.15) is 0 Å². The number of hydrogen-bond acceptors (Lipinski definition) is 4. The molecule has 1 aromatic heterocycles. The minimum Gasteiger partial charge on any atom is -0.457 e. The number of rotatable bonds is 4. The normalized spacial score (nSPS) is 9.92. The lowest BCUT2D eigenvalue weighted by Crippen LogP contribution is -2.41. The van der Waals surface area contributed by atoms with E-state index in [1.165, 1.54) is 6.20 Å². The van der Waals surface area contributed by atoms with Crippen molar-refractivity contribution in [2.75, 3.05) is 0 Å². The van der Waals surface area contributed by atoms with Gasteiger partial charge < -0.3 is 4.74 Å². The summed E-state index contributed by atoms with van der Waals surface area (Å²) in [4.78, 5) is 27.8. The van der Waals surface area contributed by atoms with Gasteiger partial charge in [-0.05, 0) is 48.5 Å². The number of nitrogens with one attached hydrogen (secondary N) is 2. The fraction of sp³-hybridized carbons (Fsp3) is 0. The van der Waals surface area contributed by atoms with Crippen LogP contribution in [0, 0.1) is 0 Å². The number of aromatic nitrogens is 1. The SMILES string of the molecule is O=C(NNC(=O)c1cccnc1)c1ccc(Oc2ccccc2)cc1. The number of ether oxygens (including phenoxy) is 1. The summed E-state index contributed by atoms with van der Waals surface area (Å²) < 4.78 is 5.66. The third-order valence-electron chi connectivity index (χ3n) is 3.31. The summed E-state index contributed by atoms with van der Waals surface area (Å²) in [5.74, 6) is 0.458. The lowest BCUT2D eigenvalue weighted by Gasteiger charge is -2.08. The van der Waals surface area contributed by atoms with Crippen molar-refractivity contribution < 1.29 is 14.3 Å². The third-order valence-corrected chi connectivity index (χ3v) is 3.31. The Hall–Kier alpha value is -3.67. The molecule has 0 atom stereocenters. The standard InChI is InChI=1S/C19H15N3O3/c23-18(21-22-19(24)15-5-4-12-20-13-15)14-8-10-17(11-9-14)25-16-6-2-1-3-7-16/h1-13H,(H,21,23)(H,22,24). The average Bonchev–Trinajstić information content (AvgIpc) is 2.68. The first-order valence-corrected chi connectivity index (χ1v) is 7.56. The first-order valence-electron chi connectivity index (χ1n) is 7.56. The number of amides is 2. The molecule has 0 aliphatic carbocycles. The largest absolute Gasteiger partial charge is 0.457 e. The predicted molar refractivity (Wildman–Crippen MR) is 92.1 cm³/mol. The van der Waals surface area contributed by atoms with Crippen molar-refractivity contribution in [3.05, 3.63) is 90.3 Å². The van der Waals surface area contributed by atoms with E-state index in [0.29, 0.717) is 22.6 Å². The Morgan fingerprint density at radius 2 is 1.36 bits per heavy atom. The minimum absolute atomic E-state index is 0.356. The van der Waals surface area contributed by atoms with Crippen LogP contribution in [0.4, 0.5) is 0 Å². The molecule has 0 radical (unpaired) electrons. The molecule has 2 aromatic carbocycles. The number of hydrogen-bond donors (Lipinski definition) is 2. The van der Waals surface area contributed by atoms with Crippen LogP contribution in [0.1, 0.15) is 20.7 Å².